The Morgan fingerprint density at radius 1 is 1.35 bits per heavy atom. The van der Waals surface area contributed by atoms with Crippen molar-refractivity contribution in [2.45, 2.75) is 20.8 Å². The Balaban J connectivity index is 2.27. The quantitative estimate of drug-likeness (QED) is 0.876. The number of benzene rings is 1. The third kappa shape index (κ3) is 3.07. The van der Waals surface area contributed by atoms with Crippen molar-refractivity contribution in [2.24, 2.45) is 11.8 Å². The van der Waals surface area contributed by atoms with Crippen LogP contribution >= 0.6 is 0 Å². The fourth-order valence-electron chi connectivity index (χ4n) is 2.28. The summed E-state index contributed by atoms with van der Waals surface area (Å²) in [6.45, 7) is 6.21. The number of aromatic nitrogens is 1. The van der Waals surface area contributed by atoms with Crippen LogP contribution in [0.2, 0.25) is 0 Å². The smallest absolute Gasteiger partial charge is 0.308 e. The zero-order valence-electron chi connectivity index (χ0n) is 12.1. The average Bonchev–Trinajstić information content (AvgIpc) is 2.37. The molecular formula is C16H20N2O2. The molecule has 2 aromatic rings. The molecule has 0 bridgehead atoms. The van der Waals surface area contributed by atoms with Gasteiger partial charge in [0, 0.05) is 23.3 Å². The van der Waals surface area contributed by atoms with Gasteiger partial charge in [-0.1, -0.05) is 32.0 Å². The number of rotatable bonds is 5. The molecule has 106 valence electrons. The SMILES string of the molecule is Cc1cc(NCC(C(=O)O)C(C)C)c2ccccc2n1. The van der Waals surface area contributed by atoms with Gasteiger partial charge in [0.1, 0.15) is 0 Å². The minimum Gasteiger partial charge on any atom is -0.481 e. The lowest BCUT2D eigenvalue weighted by Crippen LogP contribution is -2.27. The molecule has 1 unspecified atom stereocenters. The Labute approximate surface area is 118 Å². The average molecular weight is 272 g/mol. The summed E-state index contributed by atoms with van der Waals surface area (Å²) in [7, 11) is 0. The summed E-state index contributed by atoms with van der Waals surface area (Å²) in [5.41, 5.74) is 2.79. The molecule has 0 amide bonds. The Kier molecular flexibility index (Phi) is 4.23. The second kappa shape index (κ2) is 5.90. The highest BCUT2D eigenvalue weighted by Crippen LogP contribution is 2.23. The molecule has 20 heavy (non-hydrogen) atoms. The number of nitrogens with zero attached hydrogens (tertiary/aromatic N) is 1. The molecule has 0 aliphatic rings. The highest BCUT2D eigenvalue weighted by molar-refractivity contribution is 5.91. The molecule has 0 aliphatic carbocycles. The standard InChI is InChI=1S/C16H20N2O2/c1-10(2)13(16(19)20)9-17-15-8-11(3)18-14-7-5-4-6-12(14)15/h4-8,10,13H,9H2,1-3H3,(H,17,18)(H,19,20). The van der Waals surface area contributed by atoms with Gasteiger partial charge in [0.05, 0.1) is 11.4 Å². The molecule has 0 aliphatic heterocycles. The molecule has 2 rings (SSSR count). The zero-order chi connectivity index (χ0) is 14.7. The number of para-hydroxylation sites is 1. The topological polar surface area (TPSA) is 62.2 Å². The molecule has 0 saturated carbocycles. The molecule has 1 atom stereocenters. The van der Waals surface area contributed by atoms with Crippen molar-refractivity contribution in [3.05, 3.63) is 36.0 Å². The first-order valence-corrected chi connectivity index (χ1v) is 6.82. The van der Waals surface area contributed by atoms with Crippen molar-refractivity contribution >= 4 is 22.6 Å². The Hall–Kier alpha value is -2.10. The number of aliphatic carboxylic acids is 1. The largest absolute Gasteiger partial charge is 0.481 e. The van der Waals surface area contributed by atoms with E-state index in [-0.39, 0.29) is 5.92 Å². The van der Waals surface area contributed by atoms with Crippen molar-refractivity contribution in [3.63, 3.8) is 0 Å². The van der Waals surface area contributed by atoms with Crippen molar-refractivity contribution in [2.75, 3.05) is 11.9 Å². The summed E-state index contributed by atoms with van der Waals surface area (Å²) >= 11 is 0. The van der Waals surface area contributed by atoms with E-state index in [9.17, 15) is 9.90 Å². The number of aryl methyl sites for hydroxylation is 1. The van der Waals surface area contributed by atoms with Crippen molar-refractivity contribution < 1.29 is 9.90 Å². The lowest BCUT2D eigenvalue weighted by atomic mass is 9.96. The maximum absolute atomic E-state index is 11.2. The predicted molar refractivity (Wildman–Crippen MR) is 80.9 cm³/mol. The van der Waals surface area contributed by atoms with Gasteiger partial charge in [-0.2, -0.15) is 0 Å². The maximum Gasteiger partial charge on any atom is 0.308 e. The van der Waals surface area contributed by atoms with Gasteiger partial charge in [0.25, 0.3) is 0 Å². The summed E-state index contributed by atoms with van der Waals surface area (Å²) in [5.74, 6) is -1.07. The molecule has 0 saturated heterocycles. The highest BCUT2D eigenvalue weighted by atomic mass is 16.4. The highest BCUT2D eigenvalue weighted by Gasteiger charge is 2.21. The van der Waals surface area contributed by atoms with E-state index in [4.69, 9.17) is 0 Å². The summed E-state index contributed by atoms with van der Waals surface area (Å²) < 4.78 is 0. The van der Waals surface area contributed by atoms with Crippen LogP contribution in [0.1, 0.15) is 19.5 Å². The van der Waals surface area contributed by atoms with Crippen LogP contribution in [-0.4, -0.2) is 22.6 Å². The number of nitrogens with one attached hydrogen (secondary N) is 1. The van der Waals surface area contributed by atoms with E-state index >= 15 is 0 Å². The number of pyridine rings is 1. The van der Waals surface area contributed by atoms with Crippen molar-refractivity contribution in [1.82, 2.24) is 4.98 Å². The summed E-state index contributed by atoms with van der Waals surface area (Å²) in [6.07, 6.45) is 0. The molecule has 0 spiro atoms. The number of fused-ring (bicyclic) bond motifs is 1. The molecule has 1 aromatic heterocycles. The number of carboxylic acids is 1. The fourth-order valence-corrected chi connectivity index (χ4v) is 2.28. The minimum atomic E-state index is -0.761. The molecule has 2 N–H and O–H groups in total. The number of anilines is 1. The monoisotopic (exact) mass is 272 g/mol. The third-order valence-electron chi connectivity index (χ3n) is 3.48. The van der Waals surface area contributed by atoms with Crippen LogP contribution in [0.5, 0.6) is 0 Å². The molecule has 0 radical (unpaired) electrons. The Bertz CT molecular complexity index is 623. The van der Waals surface area contributed by atoms with Crippen molar-refractivity contribution in [1.29, 1.82) is 0 Å². The van der Waals surface area contributed by atoms with Gasteiger partial charge in [0.2, 0.25) is 0 Å². The number of carboxylic acid groups (broad SMARTS) is 1. The normalized spacial score (nSPS) is 12.6. The molecule has 1 aromatic carbocycles. The number of hydrogen-bond acceptors (Lipinski definition) is 3. The van der Waals surface area contributed by atoms with Crippen LogP contribution < -0.4 is 5.32 Å². The molecule has 4 nitrogen and oxygen atoms in total. The number of carbonyl (C=O) groups is 1. The molecular weight excluding hydrogens is 252 g/mol. The Morgan fingerprint density at radius 2 is 2.05 bits per heavy atom. The van der Waals surface area contributed by atoms with Crippen molar-refractivity contribution in [3.8, 4) is 0 Å². The van der Waals surface area contributed by atoms with Crippen LogP contribution in [0.15, 0.2) is 30.3 Å². The van der Waals surface area contributed by atoms with Crippen LogP contribution in [0.25, 0.3) is 10.9 Å². The van der Waals surface area contributed by atoms with Gasteiger partial charge in [-0.3, -0.25) is 9.78 Å². The van der Waals surface area contributed by atoms with Gasteiger partial charge in [0.15, 0.2) is 0 Å². The lowest BCUT2D eigenvalue weighted by molar-refractivity contribution is -0.142. The van der Waals surface area contributed by atoms with Gasteiger partial charge in [-0.25, -0.2) is 0 Å². The van der Waals surface area contributed by atoms with E-state index in [1.807, 2.05) is 51.1 Å². The van der Waals surface area contributed by atoms with Gasteiger partial charge >= 0.3 is 5.97 Å². The molecule has 1 heterocycles. The minimum absolute atomic E-state index is 0.0919. The summed E-state index contributed by atoms with van der Waals surface area (Å²) in [5, 5.41) is 13.5. The van der Waals surface area contributed by atoms with Gasteiger partial charge < -0.3 is 10.4 Å². The van der Waals surface area contributed by atoms with E-state index in [2.05, 4.69) is 10.3 Å². The second-order valence-electron chi connectivity index (χ2n) is 5.40. The first-order valence-electron chi connectivity index (χ1n) is 6.82. The summed E-state index contributed by atoms with van der Waals surface area (Å²) in [6, 6.07) is 9.83. The summed E-state index contributed by atoms with van der Waals surface area (Å²) in [4.78, 5) is 15.7. The van der Waals surface area contributed by atoms with E-state index in [0.717, 1.165) is 22.3 Å². The van der Waals surface area contributed by atoms with E-state index in [1.54, 1.807) is 0 Å². The second-order valence-corrected chi connectivity index (χ2v) is 5.40. The molecule has 0 fully saturated rings. The first-order chi connectivity index (χ1) is 9.49. The van der Waals surface area contributed by atoms with E-state index in [1.165, 1.54) is 0 Å². The Morgan fingerprint density at radius 3 is 2.70 bits per heavy atom. The van der Waals surface area contributed by atoms with Crippen LogP contribution in [0.3, 0.4) is 0 Å². The van der Waals surface area contributed by atoms with E-state index in [0.29, 0.717) is 6.54 Å². The molecule has 4 heteroatoms. The zero-order valence-corrected chi connectivity index (χ0v) is 12.1. The maximum atomic E-state index is 11.2. The van der Waals surface area contributed by atoms with Crippen LogP contribution in [-0.2, 0) is 4.79 Å². The first kappa shape index (κ1) is 14.3. The van der Waals surface area contributed by atoms with Gasteiger partial charge in [-0.05, 0) is 25.0 Å². The number of hydrogen-bond donors (Lipinski definition) is 2. The lowest BCUT2D eigenvalue weighted by Gasteiger charge is -2.18. The van der Waals surface area contributed by atoms with E-state index < -0.39 is 11.9 Å². The third-order valence-corrected chi connectivity index (χ3v) is 3.48. The predicted octanol–water partition coefficient (Wildman–Crippen LogP) is 3.31. The van der Waals surface area contributed by atoms with Crippen LogP contribution in [0.4, 0.5) is 5.69 Å². The van der Waals surface area contributed by atoms with Crippen LogP contribution in [0, 0.1) is 18.8 Å². The fraction of sp³-hybridized carbons (Fsp3) is 0.375. The van der Waals surface area contributed by atoms with Gasteiger partial charge in [-0.15, -0.1) is 0 Å².